The van der Waals surface area contributed by atoms with E-state index in [1.165, 1.54) is 24.8 Å². The molecule has 1 aliphatic heterocycles. The van der Waals surface area contributed by atoms with Gasteiger partial charge < -0.3 is 4.74 Å². The van der Waals surface area contributed by atoms with E-state index in [1.807, 2.05) is 13.0 Å². The summed E-state index contributed by atoms with van der Waals surface area (Å²) in [6.07, 6.45) is 6.63. The van der Waals surface area contributed by atoms with Gasteiger partial charge in [0.2, 0.25) is 0 Å². The van der Waals surface area contributed by atoms with Crippen molar-refractivity contribution < 1.29 is 9.53 Å². The van der Waals surface area contributed by atoms with Crippen LogP contribution in [-0.2, 0) is 11.2 Å². The van der Waals surface area contributed by atoms with Gasteiger partial charge in [-0.1, -0.05) is 24.1 Å². The standard InChI is InChI=1S/C15H18O2/c1-11-5-6-12-10-15(7-3-2-4-8-15)17-14(16)13(12)9-11/h5-6,9H,2-4,7-8,10H2,1H3. The first-order valence-electron chi connectivity index (χ1n) is 6.51. The van der Waals surface area contributed by atoms with Crippen molar-refractivity contribution in [1.82, 2.24) is 0 Å². The summed E-state index contributed by atoms with van der Waals surface area (Å²) in [6.45, 7) is 2.01. The fourth-order valence-corrected chi connectivity index (χ4v) is 3.14. The third-order valence-corrected chi connectivity index (χ3v) is 4.07. The minimum atomic E-state index is -0.183. The zero-order valence-electron chi connectivity index (χ0n) is 10.3. The number of hydrogen-bond acceptors (Lipinski definition) is 2. The van der Waals surface area contributed by atoms with Crippen molar-refractivity contribution in [2.75, 3.05) is 0 Å². The number of fused-ring (bicyclic) bond motifs is 1. The number of carbonyl (C=O) groups excluding carboxylic acids is 1. The van der Waals surface area contributed by atoms with Gasteiger partial charge in [0, 0.05) is 6.42 Å². The van der Waals surface area contributed by atoms with Crippen LogP contribution in [0.15, 0.2) is 18.2 Å². The summed E-state index contributed by atoms with van der Waals surface area (Å²) in [5, 5.41) is 0. The van der Waals surface area contributed by atoms with Gasteiger partial charge in [-0.25, -0.2) is 4.79 Å². The summed E-state index contributed by atoms with van der Waals surface area (Å²) in [5.74, 6) is -0.114. The molecule has 0 atom stereocenters. The van der Waals surface area contributed by atoms with Gasteiger partial charge in [-0.05, 0) is 44.2 Å². The van der Waals surface area contributed by atoms with Gasteiger partial charge in [0.05, 0.1) is 5.56 Å². The lowest BCUT2D eigenvalue weighted by molar-refractivity contribution is -0.0434. The van der Waals surface area contributed by atoms with E-state index in [0.29, 0.717) is 0 Å². The number of rotatable bonds is 0. The lowest BCUT2D eigenvalue weighted by atomic mass is 9.77. The van der Waals surface area contributed by atoms with E-state index in [2.05, 4.69) is 12.1 Å². The smallest absolute Gasteiger partial charge is 0.338 e. The van der Waals surface area contributed by atoms with Crippen molar-refractivity contribution in [1.29, 1.82) is 0 Å². The van der Waals surface area contributed by atoms with Gasteiger partial charge >= 0.3 is 5.97 Å². The van der Waals surface area contributed by atoms with Crippen molar-refractivity contribution in [3.63, 3.8) is 0 Å². The molecule has 2 nitrogen and oxygen atoms in total. The van der Waals surface area contributed by atoms with Crippen LogP contribution in [-0.4, -0.2) is 11.6 Å². The maximum Gasteiger partial charge on any atom is 0.338 e. The number of carbonyl (C=O) groups is 1. The highest BCUT2D eigenvalue weighted by Gasteiger charge is 2.40. The first-order valence-corrected chi connectivity index (χ1v) is 6.51. The zero-order valence-corrected chi connectivity index (χ0v) is 10.3. The highest BCUT2D eigenvalue weighted by atomic mass is 16.6. The van der Waals surface area contributed by atoms with Crippen molar-refractivity contribution >= 4 is 5.97 Å². The topological polar surface area (TPSA) is 26.3 Å². The molecule has 1 heterocycles. The molecular weight excluding hydrogens is 212 g/mol. The van der Waals surface area contributed by atoms with Gasteiger partial charge in [-0.15, -0.1) is 0 Å². The van der Waals surface area contributed by atoms with Crippen LogP contribution in [0.1, 0.15) is 53.6 Å². The number of esters is 1. The summed E-state index contributed by atoms with van der Waals surface area (Å²) in [5.41, 5.74) is 2.90. The lowest BCUT2D eigenvalue weighted by Crippen LogP contribution is -2.43. The van der Waals surface area contributed by atoms with Gasteiger partial charge in [0.15, 0.2) is 0 Å². The first-order chi connectivity index (χ1) is 8.19. The largest absolute Gasteiger partial charge is 0.455 e. The third kappa shape index (κ3) is 1.86. The summed E-state index contributed by atoms with van der Waals surface area (Å²) in [7, 11) is 0. The van der Waals surface area contributed by atoms with Gasteiger partial charge in [0.1, 0.15) is 5.60 Å². The van der Waals surface area contributed by atoms with Crippen molar-refractivity contribution in [3.05, 3.63) is 34.9 Å². The molecule has 3 rings (SSSR count). The third-order valence-electron chi connectivity index (χ3n) is 4.07. The van der Waals surface area contributed by atoms with E-state index in [4.69, 9.17) is 4.74 Å². The first kappa shape index (κ1) is 10.8. The van der Waals surface area contributed by atoms with Crippen LogP contribution < -0.4 is 0 Å². The van der Waals surface area contributed by atoms with Crippen molar-refractivity contribution in [2.24, 2.45) is 0 Å². The van der Waals surface area contributed by atoms with E-state index >= 15 is 0 Å². The Balaban J connectivity index is 1.97. The predicted molar refractivity (Wildman–Crippen MR) is 66.1 cm³/mol. The van der Waals surface area contributed by atoms with E-state index in [9.17, 15) is 4.79 Å². The molecule has 0 amide bonds. The predicted octanol–water partition coefficient (Wildman–Crippen LogP) is 3.41. The summed E-state index contributed by atoms with van der Waals surface area (Å²) < 4.78 is 5.76. The molecule has 1 aromatic rings. The normalized spacial score (nSPS) is 22.1. The molecule has 1 aromatic carbocycles. The number of benzene rings is 1. The van der Waals surface area contributed by atoms with Crippen LogP contribution in [0.25, 0.3) is 0 Å². The van der Waals surface area contributed by atoms with Crippen molar-refractivity contribution in [2.45, 2.75) is 51.0 Å². The Morgan fingerprint density at radius 2 is 1.94 bits per heavy atom. The highest BCUT2D eigenvalue weighted by Crippen LogP contribution is 2.39. The molecule has 0 aromatic heterocycles. The van der Waals surface area contributed by atoms with Gasteiger partial charge in [-0.2, -0.15) is 0 Å². The van der Waals surface area contributed by atoms with Gasteiger partial charge in [0.25, 0.3) is 0 Å². The second kappa shape index (κ2) is 3.86. The molecule has 1 saturated carbocycles. The maximum atomic E-state index is 12.1. The highest BCUT2D eigenvalue weighted by molar-refractivity contribution is 5.92. The fourth-order valence-electron chi connectivity index (χ4n) is 3.14. The Bertz CT molecular complexity index is 456. The molecule has 2 aliphatic rings. The van der Waals surface area contributed by atoms with Gasteiger partial charge in [-0.3, -0.25) is 0 Å². The number of ether oxygens (including phenoxy) is 1. The van der Waals surface area contributed by atoms with E-state index in [0.717, 1.165) is 30.4 Å². The molecule has 0 unspecified atom stereocenters. The molecule has 1 spiro atoms. The Kier molecular flexibility index (Phi) is 2.46. The molecule has 0 saturated heterocycles. The second-order valence-corrected chi connectivity index (χ2v) is 5.47. The summed E-state index contributed by atoms with van der Waals surface area (Å²) in [4.78, 5) is 12.1. The Hall–Kier alpha value is -1.31. The molecule has 2 heteroatoms. The zero-order chi connectivity index (χ0) is 11.9. The second-order valence-electron chi connectivity index (χ2n) is 5.47. The van der Waals surface area contributed by atoms with Crippen LogP contribution >= 0.6 is 0 Å². The Morgan fingerprint density at radius 1 is 1.18 bits per heavy atom. The number of aryl methyl sites for hydroxylation is 1. The Labute approximate surface area is 102 Å². The van der Waals surface area contributed by atoms with E-state index in [-0.39, 0.29) is 11.6 Å². The lowest BCUT2D eigenvalue weighted by Gasteiger charge is -2.40. The minimum Gasteiger partial charge on any atom is -0.455 e. The van der Waals surface area contributed by atoms with E-state index in [1.54, 1.807) is 0 Å². The SMILES string of the molecule is Cc1ccc2c(c1)C(=O)OC1(CCCCC1)C2. The van der Waals surface area contributed by atoms with Crippen molar-refractivity contribution in [3.8, 4) is 0 Å². The molecule has 1 aliphatic carbocycles. The summed E-state index contributed by atoms with van der Waals surface area (Å²) in [6, 6.07) is 6.14. The molecule has 1 fully saturated rings. The quantitative estimate of drug-likeness (QED) is 0.638. The van der Waals surface area contributed by atoms with Crippen LogP contribution in [0.3, 0.4) is 0 Å². The summed E-state index contributed by atoms with van der Waals surface area (Å²) >= 11 is 0. The number of hydrogen-bond donors (Lipinski definition) is 0. The Morgan fingerprint density at radius 3 is 2.71 bits per heavy atom. The molecule has 17 heavy (non-hydrogen) atoms. The molecular formula is C15H18O2. The van der Waals surface area contributed by atoms with Crippen LogP contribution in [0.2, 0.25) is 0 Å². The van der Waals surface area contributed by atoms with Crippen LogP contribution in [0, 0.1) is 6.92 Å². The average Bonchev–Trinajstić information content (AvgIpc) is 2.31. The maximum absolute atomic E-state index is 12.1. The monoisotopic (exact) mass is 230 g/mol. The molecule has 0 bridgehead atoms. The fraction of sp³-hybridized carbons (Fsp3) is 0.533. The van der Waals surface area contributed by atoms with Crippen LogP contribution in [0.5, 0.6) is 0 Å². The molecule has 0 radical (unpaired) electrons. The molecule has 0 N–H and O–H groups in total. The average molecular weight is 230 g/mol. The van der Waals surface area contributed by atoms with E-state index < -0.39 is 0 Å². The molecule has 90 valence electrons. The van der Waals surface area contributed by atoms with Crippen LogP contribution in [0.4, 0.5) is 0 Å². The minimum absolute atomic E-state index is 0.114.